The molecule has 0 saturated heterocycles. The molecule has 0 bridgehead atoms. The molecule has 0 atom stereocenters. The Hall–Kier alpha value is -1.69. The van der Waals surface area contributed by atoms with Crippen LogP contribution in [-0.2, 0) is 6.54 Å². The second-order valence-corrected chi connectivity index (χ2v) is 7.38. The zero-order valence-corrected chi connectivity index (χ0v) is 15.9. The summed E-state index contributed by atoms with van der Waals surface area (Å²) in [7, 11) is 7.99. The molecule has 4 nitrogen and oxygen atoms in total. The number of nitrogens with zero attached hydrogens (tertiary/aromatic N) is 2. The van der Waals surface area contributed by atoms with Gasteiger partial charge in [-0.05, 0) is 57.9 Å². The van der Waals surface area contributed by atoms with E-state index in [0.717, 1.165) is 40.7 Å². The molecule has 0 radical (unpaired) electrons. The van der Waals surface area contributed by atoms with Gasteiger partial charge >= 0.3 is 0 Å². The van der Waals surface area contributed by atoms with Crippen molar-refractivity contribution in [3.63, 3.8) is 0 Å². The molecular formula is C19H26N2O2S. The molecule has 0 amide bonds. The van der Waals surface area contributed by atoms with Gasteiger partial charge < -0.3 is 14.5 Å². The van der Waals surface area contributed by atoms with E-state index < -0.39 is 0 Å². The van der Waals surface area contributed by atoms with Crippen molar-refractivity contribution < 1.29 is 9.53 Å². The van der Waals surface area contributed by atoms with Crippen molar-refractivity contribution in [1.82, 2.24) is 9.80 Å². The lowest BCUT2D eigenvalue weighted by Gasteiger charge is -2.20. The number of thiophene rings is 1. The highest BCUT2D eigenvalue weighted by molar-refractivity contribution is 7.17. The van der Waals surface area contributed by atoms with Gasteiger partial charge in [0.05, 0.1) is 12.0 Å². The smallest absolute Gasteiger partial charge is 0.169 e. The number of hydrogen-bond acceptors (Lipinski definition) is 5. The first kappa shape index (κ1) is 18.6. The number of ketones is 1. The lowest BCUT2D eigenvalue weighted by atomic mass is 10.1. The third kappa shape index (κ3) is 4.90. The fourth-order valence-electron chi connectivity index (χ4n) is 2.48. The van der Waals surface area contributed by atoms with Crippen molar-refractivity contribution in [2.45, 2.75) is 13.5 Å². The van der Waals surface area contributed by atoms with Crippen LogP contribution in [0.3, 0.4) is 0 Å². The molecular weight excluding hydrogens is 320 g/mol. The topological polar surface area (TPSA) is 32.8 Å². The highest BCUT2D eigenvalue weighted by Crippen LogP contribution is 2.36. The number of Topliss-reactive ketones (excluding diaryl/α,β-unsaturated/α-hetero) is 1. The fraction of sp³-hybridized carbons (Fsp3) is 0.421. The number of carbonyl (C=O) groups is 1. The monoisotopic (exact) mass is 346 g/mol. The number of ether oxygens (including phenoxy) is 1. The number of likely N-dealkylation sites (N-methyl/N-ethyl adjacent to an activating group) is 2. The van der Waals surface area contributed by atoms with Crippen molar-refractivity contribution in [2.75, 3.05) is 41.3 Å². The quantitative estimate of drug-likeness (QED) is 0.684. The first-order valence-corrected chi connectivity index (χ1v) is 8.83. The molecule has 0 saturated carbocycles. The second kappa shape index (κ2) is 8.42. The van der Waals surface area contributed by atoms with Crippen LogP contribution in [0.4, 0.5) is 0 Å². The maximum atomic E-state index is 11.6. The van der Waals surface area contributed by atoms with E-state index in [9.17, 15) is 4.79 Å². The van der Waals surface area contributed by atoms with Gasteiger partial charge in [0, 0.05) is 30.1 Å². The first-order valence-electron chi connectivity index (χ1n) is 8.02. The van der Waals surface area contributed by atoms with E-state index in [4.69, 9.17) is 4.74 Å². The van der Waals surface area contributed by atoms with Gasteiger partial charge in [0.1, 0.15) is 5.75 Å². The summed E-state index contributed by atoms with van der Waals surface area (Å²) < 4.78 is 5.51. The van der Waals surface area contributed by atoms with Gasteiger partial charge in [0.15, 0.2) is 5.78 Å². The molecule has 0 spiro atoms. The molecule has 0 aliphatic carbocycles. The maximum Gasteiger partial charge on any atom is 0.169 e. The molecule has 0 aliphatic rings. The van der Waals surface area contributed by atoms with Gasteiger partial charge in [-0.15, -0.1) is 11.3 Å². The number of rotatable bonds is 8. The Bertz CT molecular complexity index is 694. The minimum Gasteiger partial charge on any atom is -0.496 e. The lowest BCUT2D eigenvalue weighted by Crippen LogP contribution is -2.28. The maximum absolute atomic E-state index is 11.6. The van der Waals surface area contributed by atoms with Gasteiger partial charge in [0.2, 0.25) is 0 Å². The Labute approximate surface area is 148 Å². The van der Waals surface area contributed by atoms with Gasteiger partial charge in [-0.25, -0.2) is 0 Å². The molecule has 130 valence electrons. The number of carbonyl (C=O) groups excluding carboxylic acids is 1. The van der Waals surface area contributed by atoms with Crippen molar-refractivity contribution in [1.29, 1.82) is 0 Å². The zero-order chi connectivity index (χ0) is 17.7. The molecule has 1 aromatic carbocycles. The molecule has 2 aromatic rings. The Morgan fingerprint density at radius 2 is 1.88 bits per heavy atom. The van der Waals surface area contributed by atoms with Gasteiger partial charge in [0.25, 0.3) is 0 Å². The molecule has 0 N–H and O–H groups in total. The molecule has 2 rings (SSSR count). The molecule has 0 unspecified atom stereocenters. The van der Waals surface area contributed by atoms with E-state index in [2.05, 4.69) is 43.1 Å². The molecule has 0 fully saturated rings. The second-order valence-electron chi connectivity index (χ2n) is 6.30. The Kier molecular flexibility index (Phi) is 6.54. The average Bonchev–Trinajstić information content (AvgIpc) is 3.03. The summed E-state index contributed by atoms with van der Waals surface area (Å²) in [6.45, 7) is 4.53. The summed E-state index contributed by atoms with van der Waals surface area (Å²) in [5.41, 5.74) is 2.29. The standard InChI is InChI=1S/C19H26N2O2S/c1-14(22)18-8-9-19(24-18)16-12-15(6-7-17(16)23-5)13-21(4)11-10-20(2)3/h6-9,12H,10-11,13H2,1-5H3. The van der Waals surface area contributed by atoms with E-state index in [1.165, 1.54) is 16.9 Å². The SMILES string of the molecule is COc1ccc(CN(C)CCN(C)C)cc1-c1ccc(C(C)=O)s1. The van der Waals surface area contributed by atoms with Gasteiger partial charge in [-0.2, -0.15) is 0 Å². The highest BCUT2D eigenvalue weighted by atomic mass is 32.1. The molecule has 1 aromatic heterocycles. The van der Waals surface area contributed by atoms with E-state index in [-0.39, 0.29) is 5.78 Å². The van der Waals surface area contributed by atoms with E-state index in [1.807, 2.05) is 18.2 Å². The first-order chi connectivity index (χ1) is 11.4. The van der Waals surface area contributed by atoms with Crippen molar-refractivity contribution >= 4 is 17.1 Å². The Morgan fingerprint density at radius 3 is 2.46 bits per heavy atom. The molecule has 5 heteroatoms. The third-order valence-electron chi connectivity index (χ3n) is 3.86. The van der Waals surface area contributed by atoms with Crippen LogP contribution in [0.2, 0.25) is 0 Å². The number of methoxy groups -OCH3 is 1. The van der Waals surface area contributed by atoms with Crippen LogP contribution in [0.25, 0.3) is 10.4 Å². The fourth-order valence-corrected chi connectivity index (χ4v) is 3.40. The molecule has 1 heterocycles. The summed E-state index contributed by atoms with van der Waals surface area (Å²) in [4.78, 5) is 17.9. The summed E-state index contributed by atoms with van der Waals surface area (Å²) in [6.07, 6.45) is 0. The molecule has 24 heavy (non-hydrogen) atoms. The van der Waals surface area contributed by atoms with Crippen LogP contribution >= 0.6 is 11.3 Å². The summed E-state index contributed by atoms with van der Waals surface area (Å²) in [5, 5.41) is 0. The van der Waals surface area contributed by atoms with E-state index in [0.29, 0.717) is 0 Å². The lowest BCUT2D eigenvalue weighted by molar-refractivity contribution is 0.102. The number of benzene rings is 1. The van der Waals surface area contributed by atoms with Crippen LogP contribution in [0, 0.1) is 0 Å². The van der Waals surface area contributed by atoms with Gasteiger partial charge in [-0.1, -0.05) is 6.07 Å². The highest BCUT2D eigenvalue weighted by Gasteiger charge is 2.12. The van der Waals surface area contributed by atoms with Crippen LogP contribution in [0.5, 0.6) is 5.75 Å². The van der Waals surface area contributed by atoms with Gasteiger partial charge in [-0.3, -0.25) is 4.79 Å². The van der Waals surface area contributed by atoms with E-state index in [1.54, 1.807) is 14.0 Å². The van der Waals surface area contributed by atoms with Crippen LogP contribution in [0.1, 0.15) is 22.2 Å². The Balaban J connectivity index is 2.22. The van der Waals surface area contributed by atoms with Crippen LogP contribution in [-0.4, -0.2) is 56.9 Å². The predicted octanol–water partition coefficient (Wildman–Crippen LogP) is 3.62. The van der Waals surface area contributed by atoms with Crippen LogP contribution in [0.15, 0.2) is 30.3 Å². The minimum atomic E-state index is 0.102. The third-order valence-corrected chi connectivity index (χ3v) is 5.08. The largest absolute Gasteiger partial charge is 0.496 e. The normalized spacial score (nSPS) is 11.3. The zero-order valence-electron chi connectivity index (χ0n) is 15.1. The van der Waals surface area contributed by atoms with Crippen LogP contribution < -0.4 is 4.74 Å². The summed E-state index contributed by atoms with van der Waals surface area (Å²) in [6, 6.07) is 10.2. The summed E-state index contributed by atoms with van der Waals surface area (Å²) in [5.74, 6) is 0.941. The average molecular weight is 346 g/mol. The summed E-state index contributed by atoms with van der Waals surface area (Å²) >= 11 is 1.52. The Morgan fingerprint density at radius 1 is 1.12 bits per heavy atom. The molecule has 0 aliphatic heterocycles. The van der Waals surface area contributed by atoms with Crippen molar-refractivity contribution in [3.8, 4) is 16.2 Å². The van der Waals surface area contributed by atoms with E-state index >= 15 is 0 Å². The number of hydrogen-bond donors (Lipinski definition) is 0. The van der Waals surface area contributed by atoms with Crippen molar-refractivity contribution in [3.05, 3.63) is 40.8 Å². The minimum absolute atomic E-state index is 0.102. The predicted molar refractivity (Wildman–Crippen MR) is 101 cm³/mol. The van der Waals surface area contributed by atoms with Crippen molar-refractivity contribution in [2.24, 2.45) is 0 Å².